The van der Waals surface area contributed by atoms with Gasteiger partial charge in [0.25, 0.3) is 5.91 Å². The summed E-state index contributed by atoms with van der Waals surface area (Å²) >= 11 is 1.49. The van der Waals surface area contributed by atoms with Crippen LogP contribution in [0.25, 0.3) is 11.1 Å². The van der Waals surface area contributed by atoms with Crippen molar-refractivity contribution in [3.05, 3.63) is 54.6 Å². The number of imide groups is 1. The Balaban J connectivity index is 1.61. The molecule has 1 aliphatic rings. The molecule has 2 aromatic rings. The number of hydrogen-bond acceptors (Lipinski definition) is 5. The van der Waals surface area contributed by atoms with Gasteiger partial charge in [-0.25, -0.2) is 10.3 Å². The third kappa shape index (κ3) is 4.91. The van der Waals surface area contributed by atoms with E-state index in [4.69, 9.17) is 5.21 Å². The lowest BCUT2D eigenvalue weighted by Gasteiger charge is -2.22. The Morgan fingerprint density at radius 2 is 1.68 bits per heavy atom. The summed E-state index contributed by atoms with van der Waals surface area (Å²) in [6.45, 7) is 3.51. The molecule has 164 valence electrons. The average molecular weight is 442 g/mol. The van der Waals surface area contributed by atoms with Crippen LogP contribution in [0.5, 0.6) is 0 Å². The quantitative estimate of drug-likeness (QED) is 0.283. The Morgan fingerprint density at radius 1 is 1.06 bits per heavy atom. The molecule has 1 unspecified atom stereocenters. The Kier molecular flexibility index (Phi) is 7.02. The number of hydrogen-bond donors (Lipinski definition) is 2. The molecule has 3 rings (SSSR count). The van der Waals surface area contributed by atoms with Gasteiger partial charge < -0.3 is 4.90 Å². The van der Waals surface area contributed by atoms with Gasteiger partial charge in [-0.3, -0.25) is 19.7 Å². The van der Waals surface area contributed by atoms with Crippen molar-refractivity contribution >= 4 is 29.6 Å². The summed E-state index contributed by atoms with van der Waals surface area (Å²) in [5.74, 6) is -0.960. The molecule has 2 aromatic carbocycles. The largest absolute Gasteiger partial charge is 0.327 e. The number of nitrogens with zero attached hydrogens (tertiary/aromatic N) is 2. The van der Waals surface area contributed by atoms with Crippen molar-refractivity contribution in [2.24, 2.45) is 5.92 Å². The smallest absolute Gasteiger partial charge is 0.313 e. The predicted octanol–water partition coefficient (Wildman–Crippen LogP) is 3.63. The van der Waals surface area contributed by atoms with Gasteiger partial charge in [-0.1, -0.05) is 42.5 Å². The zero-order valence-corrected chi connectivity index (χ0v) is 18.7. The van der Waals surface area contributed by atoms with Gasteiger partial charge >= 0.3 is 6.03 Å². The molecule has 8 heteroatoms. The second kappa shape index (κ2) is 9.53. The summed E-state index contributed by atoms with van der Waals surface area (Å²) in [6.07, 6.45) is 0.267. The summed E-state index contributed by atoms with van der Waals surface area (Å²) in [5, 5.41) is 9.12. The van der Waals surface area contributed by atoms with Crippen molar-refractivity contribution in [1.29, 1.82) is 0 Å². The summed E-state index contributed by atoms with van der Waals surface area (Å²) < 4.78 is 0. The standard InChI is InChI=1S/C23H27N3O4S/c1-23(2)21(28)26(22(29)25(23)3)14-13-18(20(27)24-30)15-31-19-11-9-17(10-12-19)16-7-5-4-6-8-16/h4-12,18,30H,13-15H2,1-3H3,(H,24,27). The highest BCUT2D eigenvalue weighted by Crippen LogP contribution is 2.29. The maximum Gasteiger partial charge on any atom is 0.327 e. The van der Waals surface area contributed by atoms with Crippen LogP contribution >= 0.6 is 11.8 Å². The second-order valence-electron chi connectivity index (χ2n) is 8.02. The predicted molar refractivity (Wildman–Crippen MR) is 120 cm³/mol. The summed E-state index contributed by atoms with van der Waals surface area (Å²) in [6, 6.07) is 17.7. The lowest BCUT2D eigenvalue weighted by molar-refractivity contribution is -0.134. The van der Waals surface area contributed by atoms with Crippen molar-refractivity contribution in [1.82, 2.24) is 15.3 Å². The fourth-order valence-electron chi connectivity index (χ4n) is 3.42. The maximum absolute atomic E-state index is 12.5. The topological polar surface area (TPSA) is 90.0 Å². The number of nitrogens with one attached hydrogen (secondary N) is 1. The van der Waals surface area contributed by atoms with Crippen LogP contribution in [0.2, 0.25) is 0 Å². The first kappa shape index (κ1) is 22.8. The number of urea groups is 1. The molecule has 0 saturated carbocycles. The number of hydroxylamine groups is 1. The summed E-state index contributed by atoms with van der Waals surface area (Å²) in [7, 11) is 1.59. The number of carbonyl (C=O) groups excluding carboxylic acids is 3. The molecule has 0 radical (unpaired) electrons. The van der Waals surface area contributed by atoms with E-state index in [0.29, 0.717) is 5.75 Å². The first-order valence-electron chi connectivity index (χ1n) is 10.1. The van der Waals surface area contributed by atoms with Gasteiger partial charge in [-0.2, -0.15) is 0 Å². The molecule has 1 atom stereocenters. The minimum Gasteiger partial charge on any atom is -0.313 e. The number of thioether (sulfide) groups is 1. The van der Waals surface area contributed by atoms with E-state index in [1.807, 2.05) is 54.6 Å². The monoisotopic (exact) mass is 441 g/mol. The van der Waals surface area contributed by atoms with Crippen molar-refractivity contribution in [2.75, 3.05) is 19.3 Å². The first-order chi connectivity index (χ1) is 14.8. The highest BCUT2D eigenvalue weighted by molar-refractivity contribution is 7.99. The van der Waals surface area contributed by atoms with E-state index in [1.54, 1.807) is 26.4 Å². The molecular formula is C23H27N3O4S. The fraction of sp³-hybridized carbons (Fsp3) is 0.348. The number of amides is 4. The maximum atomic E-state index is 12.5. The van der Waals surface area contributed by atoms with Crippen molar-refractivity contribution < 1.29 is 19.6 Å². The number of carbonyl (C=O) groups is 3. The highest BCUT2D eigenvalue weighted by atomic mass is 32.2. The Hall–Kier alpha value is -2.84. The van der Waals surface area contributed by atoms with Crippen LogP contribution in [0.3, 0.4) is 0 Å². The molecule has 2 N–H and O–H groups in total. The highest BCUT2D eigenvalue weighted by Gasteiger charge is 2.49. The molecule has 0 aliphatic carbocycles. The lowest BCUT2D eigenvalue weighted by atomic mass is 10.0. The van der Waals surface area contributed by atoms with Gasteiger partial charge in [0.15, 0.2) is 0 Å². The van der Waals surface area contributed by atoms with Gasteiger partial charge in [0.05, 0.1) is 5.92 Å². The molecule has 1 aliphatic heterocycles. The van der Waals surface area contributed by atoms with E-state index in [9.17, 15) is 14.4 Å². The molecule has 1 saturated heterocycles. The minimum atomic E-state index is -0.902. The van der Waals surface area contributed by atoms with Crippen molar-refractivity contribution in [2.45, 2.75) is 30.7 Å². The van der Waals surface area contributed by atoms with E-state index in [0.717, 1.165) is 16.0 Å². The van der Waals surface area contributed by atoms with Crippen molar-refractivity contribution in [3.63, 3.8) is 0 Å². The van der Waals surface area contributed by atoms with E-state index in [-0.39, 0.29) is 24.9 Å². The van der Waals surface area contributed by atoms with Crippen LogP contribution in [-0.4, -0.2) is 57.7 Å². The van der Waals surface area contributed by atoms with Gasteiger partial charge in [-0.05, 0) is 43.5 Å². The van der Waals surface area contributed by atoms with Gasteiger partial charge in [-0.15, -0.1) is 11.8 Å². The van der Waals surface area contributed by atoms with Crippen LogP contribution in [0.4, 0.5) is 4.79 Å². The zero-order chi connectivity index (χ0) is 22.6. The van der Waals surface area contributed by atoms with Gasteiger partial charge in [0.1, 0.15) is 5.54 Å². The van der Waals surface area contributed by atoms with Crippen LogP contribution in [0.15, 0.2) is 59.5 Å². The first-order valence-corrected chi connectivity index (χ1v) is 11.1. The van der Waals surface area contributed by atoms with E-state index < -0.39 is 17.4 Å². The molecular weight excluding hydrogens is 414 g/mol. The summed E-state index contributed by atoms with van der Waals surface area (Å²) in [4.78, 5) is 40.7. The zero-order valence-electron chi connectivity index (χ0n) is 17.9. The molecule has 0 spiro atoms. The van der Waals surface area contributed by atoms with Crippen LogP contribution < -0.4 is 5.48 Å². The molecule has 0 bridgehead atoms. The van der Waals surface area contributed by atoms with Gasteiger partial charge in [0.2, 0.25) is 5.91 Å². The Labute approximate surface area is 186 Å². The van der Waals surface area contributed by atoms with E-state index in [1.165, 1.54) is 21.6 Å². The molecule has 7 nitrogen and oxygen atoms in total. The molecule has 31 heavy (non-hydrogen) atoms. The third-order valence-electron chi connectivity index (χ3n) is 5.72. The minimum absolute atomic E-state index is 0.122. The molecule has 1 heterocycles. The van der Waals surface area contributed by atoms with Crippen LogP contribution in [-0.2, 0) is 9.59 Å². The van der Waals surface area contributed by atoms with Crippen LogP contribution in [0.1, 0.15) is 20.3 Å². The SMILES string of the molecule is CN1C(=O)N(CCC(CSc2ccc(-c3ccccc3)cc2)C(=O)NO)C(=O)C1(C)C. The lowest BCUT2D eigenvalue weighted by Crippen LogP contribution is -2.41. The van der Waals surface area contributed by atoms with E-state index >= 15 is 0 Å². The average Bonchev–Trinajstić information content (AvgIpc) is 2.94. The Morgan fingerprint density at radius 3 is 2.23 bits per heavy atom. The van der Waals surface area contributed by atoms with Crippen molar-refractivity contribution in [3.8, 4) is 11.1 Å². The summed E-state index contributed by atoms with van der Waals surface area (Å²) in [5.41, 5.74) is 3.04. The molecule has 1 fully saturated rings. The van der Waals surface area contributed by atoms with Crippen LogP contribution in [0, 0.1) is 5.92 Å². The number of benzene rings is 2. The third-order valence-corrected chi connectivity index (χ3v) is 6.89. The molecule has 0 aromatic heterocycles. The van der Waals surface area contributed by atoms with E-state index in [2.05, 4.69) is 0 Å². The Bertz CT molecular complexity index is 947. The van der Waals surface area contributed by atoms with Gasteiger partial charge in [0, 0.05) is 24.2 Å². The fourth-order valence-corrected chi connectivity index (χ4v) is 4.46. The second-order valence-corrected chi connectivity index (χ2v) is 9.11. The number of rotatable bonds is 8. The molecule has 4 amide bonds. The normalized spacial score (nSPS) is 16.5. The number of likely N-dealkylation sites (N-methyl/N-ethyl adjacent to an activating group) is 1.